The number of sulfonamides is 1. The van der Waals surface area contributed by atoms with Gasteiger partial charge in [0.25, 0.3) is 10.0 Å². The molecular formula is C34H44NNaO4S. The second-order valence-electron chi connectivity index (χ2n) is 12.2. The van der Waals surface area contributed by atoms with E-state index in [-0.39, 0.29) is 63.8 Å². The van der Waals surface area contributed by atoms with E-state index in [0.717, 1.165) is 16.7 Å². The van der Waals surface area contributed by atoms with E-state index in [1.165, 1.54) is 11.6 Å². The number of rotatable bonds is 9. The molecule has 0 radical (unpaired) electrons. The molecule has 0 N–H and O–H groups in total. The summed E-state index contributed by atoms with van der Waals surface area (Å²) in [4.78, 5) is 12.8. The van der Waals surface area contributed by atoms with Gasteiger partial charge in [-0.25, -0.2) is 12.7 Å². The fraction of sp³-hybridized carbons (Fsp3) is 0.441. The molecule has 0 aliphatic carbocycles. The summed E-state index contributed by atoms with van der Waals surface area (Å²) in [5.41, 5.74) is 6.10. The minimum Gasteiger partial charge on any atom is -0.529 e. The molecule has 3 aromatic carbocycles. The zero-order valence-corrected chi connectivity index (χ0v) is 29.4. The Morgan fingerprint density at radius 3 is 1.49 bits per heavy atom. The number of nitrogens with zero attached hydrogens (tertiary/aromatic N) is 1. The fourth-order valence-electron chi connectivity index (χ4n) is 5.32. The van der Waals surface area contributed by atoms with Crippen LogP contribution in [0.4, 0.5) is 10.5 Å². The van der Waals surface area contributed by atoms with Crippen molar-refractivity contribution in [2.75, 3.05) is 4.31 Å². The molecule has 0 aromatic heterocycles. The van der Waals surface area contributed by atoms with Crippen LogP contribution in [0.2, 0.25) is 0 Å². The van der Waals surface area contributed by atoms with E-state index >= 15 is 0 Å². The Morgan fingerprint density at radius 1 is 0.659 bits per heavy atom. The maximum atomic E-state index is 14.6. The van der Waals surface area contributed by atoms with Crippen LogP contribution >= 0.6 is 0 Å². The number of hydrogen-bond donors (Lipinski definition) is 0. The first kappa shape index (κ1) is 35.1. The molecule has 3 rings (SSSR count). The third kappa shape index (κ3) is 7.10. The van der Waals surface area contributed by atoms with Crippen LogP contribution in [-0.2, 0) is 10.0 Å². The summed E-state index contributed by atoms with van der Waals surface area (Å²) in [6.07, 6.45) is -1.77. The second-order valence-corrected chi connectivity index (χ2v) is 13.9. The Kier molecular flexibility index (Phi) is 11.9. The van der Waals surface area contributed by atoms with E-state index in [0.29, 0.717) is 26.9 Å². The van der Waals surface area contributed by atoms with E-state index in [9.17, 15) is 18.3 Å². The Morgan fingerprint density at radius 2 is 1.10 bits per heavy atom. The van der Waals surface area contributed by atoms with E-state index in [1.807, 2.05) is 39.8 Å². The predicted octanol–water partition coefficient (Wildman–Crippen LogP) is 5.51. The quantitative estimate of drug-likeness (QED) is 0.310. The third-order valence-electron chi connectivity index (χ3n) is 7.52. The van der Waals surface area contributed by atoms with Crippen molar-refractivity contribution in [1.82, 2.24) is 0 Å². The molecule has 0 heterocycles. The number of hydrogen-bond acceptors (Lipinski definition) is 4. The van der Waals surface area contributed by atoms with Crippen molar-refractivity contribution in [3.05, 3.63) is 82.4 Å². The van der Waals surface area contributed by atoms with Crippen LogP contribution in [0.5, 0.6) is 0 Å². The molecule has 3 aromatic rings. The Hall–Kier alpha value is -2.12. The van der Waals surface area contributed by atoms with E-state index in [1.54, 1.807) is 24.3 Å². The van der Waals surface area contributed by atoms with Crippen LogP contribution in [0, 0.1) is 0 Å². The topological polar surface area (TPSA) is 77.5 Å². The Balaban J connectivity index is 0.00000588. The van der Waals surface area contributed by atoms with Crippen LogP contribution in [0.15, 0.2) is 59.5 Å². The van der Waals surface area contributed by atoms with Gasteiger partial charge in [0, 0.05) is 5.56 Å². The van der Waals surface area contributed by atoms with Gasteiger partial charge in [-0.2, -0.15) is 0 Å². The van der Waals surface area contributed by atoms with Gasteiger partial charge < -0.3 is 9.90 Å². The maximum Gasteiger partial charge on any atom is 1.00 e. The van der Waals surface area contributed by atoms with E-state index in [4.69, 9.17) is 0 Å². The number of carbonyl (C=O) groups excluding carboxylic acids is 1. The smallest absolute Gasteiger partial charge is 0.529 e. The second kappa shape index (κ2) is 13.9. The summed E-state index contributed by atoms with van der Waals surface area (Å²) < 4.78 is 29.6. The van der Waals surface area contributed by atoms with Crippen molar-refractivity contribution < 1.29 is 47.9 Å². The minimum absolute atomic E-state index is 0. The molecule has 0 atom stereocenters. The summed E-state index contributed by atoms with van der Waals surface area (Å²) in [7, 11) is -4.58. The van der Waals surface area contributed by atoms with Crippen molar-refractivity contribution >= 4 is 21.8 Å². The van der Waals surface area contributed by atoms with Gasteiger partial charge >= 0.3 is 29.6 Å². The molecule has 0 unspecified atom stereocenters. The SMILES string of the molecule is CC(C)c1cc(C(C)C)c(-c2ccccc2S(=O)(=O)N(C(=O)[O-])c2c(C(C)C)cccc2C(C)C)c(C(C)C)c1.[Na+]. The number of carboxylic acid groups (broad SMARTS) is 1. The first-order chi connectivity index (χ1) is 18.6. The summed E-state index contributed by atoms with van der Waals surface area (Å²) in [6.45, 7) is 20.4. The van der Waals surface area contributed by atoms with Gasteiger partial charge in [0.05, 0.1) is 10.6 Å². The van der Waals surface area contributed by atoms with Crippen molar-refractivity contribution in [2.45, 2.75) is 104 Å². The third-order valence-corrected chi connectivity index (χ3v) is 9.24. The monoisotopic (exact) mass is 585 g/mol. The van der Waals surface area contributed by atoms with Gasteiger partial charge in [-0.1, -0.05) is 118 Å². The first-order valence-corrected chi connectivity index (χ1v) is 15.7. The molecule has 216 valence electrons. The molecule has 5 nitrogen and oxygen atoms in total. The average molecular weight is 586 g/mol. The first-order valence-electron chi connectivity index (χ1n) is 14.3. The predicted molar refractivity (Wildman–Crippen MR) is 164 cm³/mol. The van der Waals surface area contributed by atoms with Crippen LogP contribution < -0.4 is 39.0 Å². The molecule has 0 fully saturated rings. The largest absolute Gasteiger partial charge is 1.00 e. The number of benzene rings is 3. The molecule has 0 aliphatic heterocycles. The fourth-order valence-corrected chi connectivity index (χ4v) is 6.86. The van der Waals surface area contributed by atoms with Crippen LogP contribution in [-0.4, -0.2) is 14.5 Å². The summed E-state index contributed by atoms with van der Waals surface area (Å²) in [5, 5.41) is 12.8. The number of carbonyl (C=O) groups is 1. The summed E-state index contributed by atoms with van der Waals surface area (Å²) in [5.74, 6) is 0.328. The molecule has 0 spiro atoms. The maximum absolute atomic E-state index is 14.6. The number of amides is 1. The summed E-state index contributed by atoms with van der Waals surface area (Å²) >= 11 is 0. The van der Waals surface area contributed by atoms with Gasteiger partial charge in [0.15, 0.2) is 6.09 Å². The molecular weight excluding hydrogens is 541 g/mol. The molecule has 0 saturated heterocycles. The Bertz CT molecular complexity index is 1440. The molecule has 41 heavy (non-hydrogen) atoms. The molecule has 0 aliphatic rings. The molecule has 7 heteroatoms. The van der Waals surface area contributed by atoms with E-state index in [2.05, 4.69) is 53.7 Å². The zero-order chi connectivity index (χ0) is 30.1. The van der Waals surface area contributed by atoms with Gasteiger partial charge in [-0.15, -0.1) is 0 Å². The normalized spacial score (nSPS) is 12.0. The number of anilines is 1. The van der Waals surface area contributed by atoms with Crippen LogP contribution in [0.3, 0.4) is 0 Å². The van der Waals surface area contributed by atoms with Crippen molar-refractivity contribution in [3.8, 4) is 11.1 Å². The van der Waals surface area contributed by atoms with Gasteiger partial charge in [0.2, 0.25) is 0 Å². The van der Waals surface area contributed by atoms with Crippen LogP contribution in [0.25, 0.3) is 11.1 Å². The van der Waals surface area contributed by atoms with Gasteiger partial charge in [0.1, 0.15) is 0 Å². The standard InChI is InChI=1S/C34H45NO4S.Na/c1-20(2)25-18-29(23(7)8)32(30(19-25)24(9)10)28-14-11-12-17-31(28)40(38,39)35(34(36)37)33-26(21(3)4)15-13-16-27(33)22(5)6;/h11-24H,1-10H3,(H,36,37);/q;+1/p-1. The molecule has 1 amide bonds. The Labute approximate surface area is 269 Å². The van der Waals surface area contributed by atoms with Gasteiger partial charge in [-0.3, -0.25) is 0 Å². The van der Waals surface area contributed by atoms with Gasteiger partial charge in [-0.05, 0) is 69.0 Å². The average Bonchev–Trinajstić information content (AvgIpc) is 2.87. The molecule has 0 bridgehead atoms. The summed E-state index contributed by atoms with van der Waals surface area (Å²) in [6, 6.07) is 16.5. The van der Waals surface area contributed by atoms with Crippen molar-refractivity contribution in [3.63, 3.8) is 0 Å². The van der Waals surface area contributed by atoms with Crippen molar-refractivity contribution in [2.24, 2.45) is 0 Å². The van der Waals surface area contributed by atoms with Crippen LogP contribution in [0.1, 0.15) is 127 Å². The van der Waals surface area contributed by atoms with E-state index < -0.39 is 16.1 Å². The number of para-hydroxylation sites is 1. The van der Waals surface area contributed by atoms with Crippen molar-refractivity contribution in [1.29, 1.82) is 0 Å². The molecule has 0 saturated carbocycles. The minimum atomic E-state index is -4.58. The zero-order valence-electron chi connectivity index (χ0n) is 26.6.